The molecule has 0 spiro atoms. The van der Waals surface area contributed by atoms with Crippen LogP contribution in [0.3, 0.4) is 0 Å². The Bertz CT molecular complexity index is 633. The maximum absolute atomic E-state index is 11.5. The Kier molecular flexibility index (Phi) is 3.13. The Hall–Kier alpha value is -1.82. The van der Waals surface area contributed by atoms with Gasteiger partial charge in [-0.3, -0.25) is 4.79 Å². The average Bonchev–Trinajstić information content (AvgIpc) is 2.57. The van der Waals surface area contributed by atoms with Crippen LogP contribution in [-0.4, -0.2) is 15.7 Å². The molecule has 2 rings (SSSR count). The van der Waals surface area contributed by atoms with Gasteiger partial charge in [-0.05, 0) is 32.0 Å². The van der Waals surface area contributed by atoms with E-state index in [4.69, 9.17) is 11.5 Å². The maximum Gasteiger partial charge on any atom is 0.250 e. The van der Waals surface area contributed by atoms with Gasteiger partial charge in [-0.15, -0.1) is 0 Å². The fourth-order valence-corrected chi connectivity index (χ4v) is 2.14. The van der Waals surface area contributed by atoms with E-state index in [1.807, 2.05) is 19.9 Å². The van der Waals surface area contributed by atoms with Gasteiger partial charge in [0, 0.05) is 4.47 Å². The SMILES string of the molecule is Cc1nn(-c2ccc(Br)cc2C(N)=O)c(C)c1N. The second-order valence-electron chi connectivity index (χ2n) is 4.02. The number of benzene rings is 1. The molecule has 1 amide bonds. The van der Waals surface area contributed by atoms with E-state index in [0.717, 1.165) is 15.9 Å². The smallest absolute Gasteiger partial charge is 0.250 e. The van der Waals surface area contributed by atoms with Gasteiger partial charge in [0.15, 0.2) is 0 Å². The third-order valence-corrected chi connectivity index (χ3v) is 3.29. The van der Waals surface area contributed by atoms with Crippen LogP contribution >= 0.6 is 15.9 Å². The Balaban J connectivity index is 2.71. The summed E-state index contributed by atoms with van der Waals surface area (Å²) in [5.41, 5.74) is 14.4. The monoisotopic (exact) mass is 308 g/mol. The number of anilines is 1. The van der Waals surface area contributed by atoms with Crippen molar-refractivity contribution in [1.29, 1.82) is 0 Å². The molecule has 0 bridgehead atoms. The van der Waals surface area contributed by atoms with Crippen LogP contribution in [0.15, 0.2) is 22.7 Å². The Morgan fingerprint density at radius 1 is 1.39 bits per heavy atom. The summed E-state index contributed by atoms with van der Waals surface area (Å²) in [7, 11) is 0. The minimum Gasteiger partial charge on any atom is -0.396 e. The number of amides is 1. The van der Waals surface area contributed by atoms with Gasteiger partial charge in [-0.2, -0.15) is 5.10 Å². The molecule has 0 atom stereocenters. The van der Waals surface area contributed by atoms with Gasteiger partial charge in [0.25, 0.3) is 5.91 Å². The van der Waals surface area contributed by atoms with Gasteiger partial charge in [-0.1, -0.05) is 15.9 Å². The summed E-state index contributed by atoms with van der Waals surface area (Å²) in [5.74, 6) is -0.502. The van der Waals surface area contributed by atoms with Crippen molar-refractivity contribution in [2.45, 2.75) is 13.8 Å². The highest BCUT2D eigenvalue weighted by Gasteiger charge is 2.15. The van der Waals surface area contributed by atoms with Crippen LogP contribution in [0.2, 0.25) is 0 Å². The van der Waals surface area contributed by atoms with Crippen molar-refractivity contribution in [2.75, 3.05) is 5.73 Å². The fraction of sp³-hybridized carbons (Fsp3) is 0.167. The Labute approximate surface area is 113 Å². The molecule has 0 radical (unpaired) electrons. The number of hydrogen-bond donors (Lipinski definition) is 2. The summed E-state index contributed by atoms with van der Waals surface area (Å²) < 4.78 is 2.42. The van der Waals surface area contributed by atoms with Crippen molar-refractivity contribution >= 4 is 27.5 Å². The quantitative estimate of drug-likeness (QED) is 0.888. The number of primary amides is 1. The number of carbonyl (C=O) groups is 1. The van der Waals surface area contributed by atoms with Crippen LogP contribution in [0.25, 0.3) is 5.69 Å². The molecule has 0 aliphatic heterocycles. The number of nitrogens with two attached hydrogens (primary N) is 2. The molecule has 4 N–H and O–H groups in total. The first-order chi connectivity index (χ1) is 8.41. The van der Waals surface area contributed by atoms with Crippen molar-refractivity contribution in [3.05, 3.63) is 39.6 Å². The molecule has 0 fully saturated rings. The molecular formula is C12H13BrN4O. The first-order valence-corrected chi connectivity index (χ1v) is 6.12. The van der Waals surface area contributed by atoms with E-state index in [1.54, 1.807) is 16.8 Å². The minimum atomic E-state index is -0.502. The maximum atomic E-state index is 11.5. The standard InChI is InChI=1S/C12H13BrN4O/c1-6-11(14)7(2)17(16-6)10-4-3-8(13)5-9(10)12(15)18/h3-5H,14H2,1-2H3,(H2,15,18). The second kappa shape index (κ2) is 4.45. The lowest BCUT2D eigenvalue weighted by atomic mass is 10.1. The molecule has 0 aliphatic rings. The highest BCUT2D eigenvalue weighted by Crippen LogP contribution is 2.24. The highest BCUT2D eigenvalue weighted by atomic mass is 79.9. The van der Waals surface area contributed by atoms with Gasteiger partial charge >= 0.3 is 0 Å². The van der Waals surface area contributed by atoms with E-state index in [0.29, 0.717) is 16.9 Å². The van der Waals surface area contributed by atoms with Gasteiger partial charge in [-0.25, -0.2) is 4.68 Å². The molecule has 0 saturated heterocycles. The summed E-state index contributed by atoms with van der Waals surface area (Å²) in [6.45, 7) is 3.67. The van der Waals surface area contributed by atoms with Crippen molar-refractivity contribution in [3.8, 4) is 5.69 Å². The van der Waals surface area contributed by atoms with Crippen LogP contribution in [0.1, 0.15) is 21.7 Å². The molecule has 1 aromatic heterocycles. The van der Waals surface area contributed by atoms with Gasteiger partial charge < -0.3 is 11.5 Å². The van der Waals surface area contributed by atoms with Crippen LogP contribution in [-0.2, 0) is 0 Å². The van der Waals surface area contributed by atoms with Gasteiger partial charge in [0.2, 0.25) is 0 Å². The van der Waals surface area contributed by atoms with Gasteiger partial charge in [0.05, 0.1) is 28.3 Å². The fourth-order valence-electron chi connectivity index (χ4n) is 1.78. The predicted octanol–water partition coefficient (Wildman–Crippen LogP) is 1.93. The van der Waals surface area contributed by atoms with E-state index < -0.39 is 5.91 Å². The number of rotatable bonds is 2. The topological polar surface area (TPSA) is 86.9 Å². The molecule has 5 nitrogen and oxygen atoms in total. The summed E-state index contributed by atoms with van der Waals surface area (Å²) in [4.78, 5) is 11.5. The van der Waals surface area contributed by atoms with Crippen LogP contribution < -0.4 is 11.5 Å². The molecule has 94 valence electrons. The van der Waals surface area contributed by atoms with Crippen molar-refractivity contribution < 1.29 is 4.79 Å². The normalized spacial score (nSPS) is 10.6. The Morgan fingerprint density at radius 2 is 2.06 bits per heavy atom. The summed E-state index contributed by atoms with van der Waals surface area (Å²) in [6.07, 6.45) is 0. The molecular weight excluding hydrogens is 296 g/mol. The molecule has 0 unspecified atom stereocenters. The van der Waals surface area contributed by atoms with Crippen LogP contribution in [0.5, 0.6) is 0 Å². The number of halogens is 1. The minimum absolute atomic E-state index is 0.398. The molecule has 0 aliphatic carbocycles. The Morgan fingerprint density at radius 3 is 2.56 bits per heavy atom. The van der Waals surface area contributed by atoms with Crippen molar-refractivity contribution in [3.63, 3.8) is 0 Å². The lowest BCUT2D eigenvalue weighted by Gasteiger charge is -2.09. The number of nitrogens with zero attached hydrogens (tertiary/aromatic N) is 2. The summed E-state index contributed by atoms with van der Waals surface area (Å²) >= 11 is 3.31. The number of aromatic nitrogens is 2. The van der Waals surface area contributed by atoms with Crippen LogP contribution in [0.4, 0.5) is 5.69 Å². The van der Waals surface area contributed by atoms with Crippen molar-refractivity contribution in [2.24, 2.45) is 5.73 Å². The third kappa shape index (κ3) is 1.99. The average molecular weight is 309 g/mol. The second-order valence-corrected chi connectivity index (χ2v) is 4.94. The zero-order valence-corrected chi connectivity index (χ0v) is 11.7. The van der Waals surface area contributed by atoms with Crippen molar-refractivity contribution in [1.82, 2.24) is 9.78 Å². The lowest BCUT2D eigenvalue weighted by molar-refractivity contribution is 0.1000. The number of aryl methyl sites for hydroxylation is 1. The molecule has 0 saturated carbocycles. The third-order valence-electron chi connectivity index (χ3n) is 2.80. The number of hydrogen-bond acceptors (Lipinski definition) is 3. The predicted molar refractivity (Wildman–Crippen MR) is 73.7 cm³/mol. The molecule has 6 heteroatoms. The zero-order valence-electron chi connectivity index (χ0n) is 10.1. The zero-order chi connectivity index (χ0) is 13.4. The summed E-state index contributed by atoms with van der Waals surface area (Å²) in [5, 5.41) is 4.32. The molecule has 1 aromatic carbocycles. The lowest BCUT2D eigenvalue weighted by Crippen LogP contribution is -2.15. The van der Waals surface area contributed by atoms with E-state index in [-0.39, 0.29) is 0 Å². The first kappa shape index (κ1) is 12.6. The van der Waals surface area contributed by atoms with E-state index in [2.05, 4.69) is 21.0 Å². The molecule has 2 aromatic rings. The number of nitrogen functional groups attached to an aromatic ring is 1. The highest BCUT2D eigenvalue weighted by molar-refractivity contribution is 9.10. The number of carbonyl (C=O) groups excluding carboxylic acids is 1. The van der Waals surface area contributed by atoms with E-state index in [1.165, 1.54) is 0 Å². The largest absolute Gasteiger partial charge is 0.396 e. The molecule has 18 heavy (non-hydrogen) atoms. The van der Waals surface area contributed by atoms with E-state index >= 15 is 0 Å². The molecule has 1 heterocycles. The van der Waals surface area contributed by atoms with E-state index in [9.17, 15) is 4.79 Å². The first-order valence-electron chi connectivity index (χ1n) is 5.33. The van der Waals surface area contributed by atoms with Crippen LogP contribution in [0, 0.1) is 13.8 Å². The van der Waals surface area contributed by atoms with Gasteiger partial charge in [0.1, 0.15) is 0 Å². The summed E-state index contributed by atoms with van der Waals surface area (Å²) in [6, 6.07) is 5.28.